The van der Waals surface area contributed by atoms with Gasteiger partial charge in [0.25, 0.3) is 0 Å². The zero-order chi connectivity index (χ0) is 32.4. The molecular weight excluding hydrogens is 913 g/mol. The molecule has 7 aliphatic heterocycles. The molecule has 0 saturated carbocycles. The van der Waals surface area contributed by atoms with Gasteiger partial charge in [0.15, 0.2) is 0 Å². The molecule has 0 saturated heterocycles. The quantitative estimate of drug-likeness (QED) is 0.231. The van der Waals surface area contributed by atoms with E-state index in [1.165, 1.54) is 73.9 Å². The molecule has 264 valence electrons. The van der Waals surface area contributed by atoms with Crippen LogP contribution in [-0.2, 0) is 18.9 Å². The largest absolute Gasteiger partial charge is 0.378 e. The van der Waals surface area contributed by atoms with Crippen molar-refractivity contribution in [2.45, 2.75) is 0 Å². The van der Waals surface area contributed by atoms with Crippen molar-refractivity contribution in [2.75, 3.05) is 98.9 Å². The average Bonchev–Trinajstić information content (AvgIpc) is 3.90. The normalized spacial score (nSPS) is 27.0. The van der Waals surface area contributed by atoms with E-state index in [-0.39, 0.29) is 0 Å². The van der Waals surface area contributed by atoms with Gasteiger partial charge in [-0.2, -0.15) is 0 Å². The van der Waals surface area contributed by atoms with Crippen LogP contribution in [0, 0.1) is 0 Å². The molecule has 7 aliphatic rings. The van der Waals surface area contributed by atoms with Crippen molar-refractivity contribution in [2.24, 2.45) is 0 Å². The lowest BCUT2D eigenvalue weighted by atomic mass is 10.7. The first-order valence-corrected chi connectivity index (χ1v) is 29.4. The van der Waals surface area contributed by atoms with Gasteiger partial charge in [-0.15, -0.1) is 94.1 Å². The van der Waals surface area contributed by atoms with Crippen LogP contribution in [0.5, 0.6) is 0 Å². The van der Waals surface area contributed by atoms with E-state index in [2.05, 4.69) is 0 Å². The molecule has 0 bridgehead atoms. The number of rotatable bonds is 0. The van der Waals surface area contributed by atoms with Crippen molar-refractivity contribution in [3.63, 3.8) is 0 Å². The molecule has 0 aliphatic carbocycles. The maximum Gasteiger partial charge on any atom is 0.0717 e. The van der Waals surface area contributed by atoms with Gasteiger partial charge in [-0.25, -0.2) is 0 Å². The van der Waals surface area contributed by atoms with Gasteiger partial charge in [0.1, 0.15) is 0 Å². The Morgan fingerprint density at radius 3 is 0.604 bits per heavy atom. The Labute approximate surface area is 352 Å². The van der Waals surface area contributed by atoms with Gasteiger partial charge in [-0.3, -0.25) is 0 Å². The van der Waals surface area contributed by atoms with E-state index in [0.717, 1.165) is 49.4 Å². The van der Waals surface area contributed by atoms with Gasteiger partial charge in [-0.05, 0) is 0 Å². The first kappa shape index (κ1) is 40.1. The van der Waals surface area contributed by atoms with Crippen LogP contribution in [0.4, 0.5) is 0 Å². The highest BCUT2D eigenvalue weighted by molar-refractivity contribution is 8.46. The molecule has 0 aromatic carbocycles. The second-order valence-electron chi connectivity index (χ2n) is 9.50. The SMILES string of the molecule is C1COCCSC2=C(SCCOCCOCCSC3=C(SCCO1)SC(=C1SC4=C(SCCS4)S1)S3)SC(=C1SC3=C(SCCS3)S1)S2. The van der Waals surface area contributed by atoms with Crippen molar-refractivity contribution < 1.29 is 18.9 Å². The molecule has 0 radical (unpaired) electrons. The highest BCUT2D eigenvalue weighted by Crippen LogP contribution is 2.68. The lowest BCUT2D eigenvalue weighted by Gasteiger charge is -2.09. The van der Waals surface area contributed by atoms with Gasteiger partial charge in [0.05, 0.1) is 104 Å². The zero-order valence-corrected chi connectivity index (χ0v) is 38.5. The summed E-state index contributed by atoms with van der Waals surface area (Å²) in [5.74, 6) is 8.71. The third kappa shape index (κ3) is 11.9. The summed E-state index contributed by atoms with van der Waals surface area (Å²) in [5.41, 5.74) is 0. The minimum absolute atomic E-state index is 0.646. The monoisotopic (exact) mass is 944 g/mol. The Kier molecular flexibility index (Phi) is 18.4. The maximum absolute atomic E-state index is 5.99. The Balaban J connectivity index is 0.886. The fourth-order valence-electron chi connectivity index (χ4n) is 4.09. The predicted octanol–water partition coefficient (Wildman–Crippen LogP) is 12.6. The van der Waals surface area contributed by atoms with Crippen LogP contribution in [0.25, 0.3) is 0 Å². The molecule has 0 spiro atoms. The van der Waals surface area contributed by atoms with Gasteiger partial charge in [0.2, 0.25) is 0 Å². The Morgan fingerprint density at radius 1 is 0.208 bits per heavy atom. The summed E-state index contributed by atoms with van der Waals surface area (Å²) >= 11 is 31.6. The van der Waals surface area contributed by atoms with Crippen LogP contribution in [-0.4, -0.2) is 98.9 Å². The van der Waals surface area contributed by atoms with E-state index in [1.807, 2.05) is 188 Å². The molecule has 0 atom stereocenters. The second kappa shape index (κ2) is 22.0. The Morgan fingerprint density at radius 2 is 0.396 bits per heavy atom. The smallest absolute Gasteiger partial charge is 0.0717 e. The van der Waals surface area contributed by atoms with E-state index >= 15 is 0 Å². The van der Waals surface area contributed by atoms with Crippen molar-refractivity contribution in [3.05, 3.63) is 50.8 Å². The van der Waals surface area contributed by atoms with Crippen LogP contribution in [0.1, 0.15) is 0 Å². The molecule has 7 rings (SSSR count). The van der Waals surface area contributed by atoms with Crippen molar-refractivity contribution >= 4 is 188 Å². The molecule has 7 heterocycles. The molecule has 0 aromatic heterocycles. The minimum atomic E-state index is 0.646. The van der Waals surface area contributed by atoms with Crippen LogP contribution < -0.4 is 0 Å². The molecular formula is C28H32O4S16. The fourth-order valence-corrected chi connectivity index (χ4v) is 28.0. The summed E-state index contributed by atoms with van der Waals surface area (Å²) in [6.45, 7) is 5.53. The van der Waals surface area contributed by atoms with Crippen LogP contribution in [0.15, 0.2) is 50.8 Å². The van der Waals surface area contributed by atoms with Crippen molar-refractivity contribution in [3.8, 4) is 0 Å². The third-order valence-corrected chi connectivity index (χ3v) is 29.7. The summed E-state index contributed by atoms with van der Waals surface area (Å²) in [6.07, 6.45) is 0. The standard InChI is InChI=1S/C28H32O4S16/c1-2-30-6-10-34-19-20(44-26(43-19)28-47-23-24(48-28)40-16-15-39-23)36-12-8-32-4-3-31-7-11-35-18-17(33-9-5-29-1)41-25(42-18)27-45-21-22(46-27)38-14-13-37-21/h1-16H2. The molecule has 0 unspecified atom stereocenters. The maximum atomic E-state index is 5.99. The number of hydrogen-bond acceptors (Lipinski definition) is 20. The summed E-state index contributed by atoms with van der Waals surface area (Å²) < 4.78 is 41.5. The lowest BCUT2D eigenvalue weighted by Crippen LogP contribution is -2.08. The molecule has 0 fully saturated rings. The van der Waals surface area contributed by atoms with Gasteiger partial charge < -0.3 is 18.9 Å². The molecule has 0 aromatic rings. The average molecular weight is 946 g/mol. The fraction of sp³-hybridized carbons (Fsp3) is 0.571. The summed E-state index contributed by atoms with van der Waals surface area (Å²) in [4.78, 5) is 0. The first-order chi connectivity index (χ1) is 23.8. The number of ether oxygens (including phenoxy) is 4. The van der Waals surface area contributed by atoms with Crippen molar-refractivity contribution in [1.29, 1.82) is 0 Å². The van der Waals surface area contributed by atoms with Crippen LogP contribution >= 0.6 is 188 Å². The van der Waals surface area contributed by atoms with Gasteiger partial charge in [-0.1, -0.05) is 94.1 Å². The third-order valence-electron chi connectivity index (χ3n) is 6.17. The summed E-state index contributed by atoms with van der Waals surface area (Å²) in [6, 6.07) is 0. The van der Waals surface area contributed by atoms with E-state index in [4.69, 9.17) is 18.9 Å². The van der Waals surface area contributed by atoms with Crippen molar-refractivity contribution in [1.82, 2.24) is 0 Å². The molecule has 48 heavy (non-hydrogen) atoms. The Hall–Kier alpha value is 3.88. The van der Waals surface area contributed by atoms with E-state index in [9.17, 15) is 0 Å². The highest BCUT2D eigenvalue weighted by atomic mass is 32.3. The van der Waals surface area contributed by atoms with E-state index < -0.39 is 0 Å². The summed E-state index contributed by atoms with van der Waals surface area (Å²) in [5, 5.41) is 0. The van der Waals surface area contributed by atoms with Crippen LogP contribution in [0.3, 0.4) is 0 Å². The summed E-state index contributed by atoms with van der Waals surface area (Å²) in [7, 11) is 0. The molecule has 4 nitrogen and oxygen atoms in total. The first-order valence-electron chi connectivity index (χ1n) is 15.0. The van der Waals surface area contributed by atoms with E-state index in [0.29, 0.717) is 26.4 Å². The number of hydrogen-bond donors (Lipinski definition) is 0. The van der Waals surface area contributed by atoms with Gasteiger partial charge in [0, 0.05) is 46.0 Å². The highest BCUT2D eigenvalue weighted by Gasteiger charge is 2.33. The molecule has 0 N–H and O–H groups in total. The van der Waals surface area contributed by atoms with Crippen LogP contribution in [0.2, 0.25) is 0 Å². The second-order valence-corrected chi connectivity index (χ2v) is 29.6. The number of thioether (sulfide) groups is 16. The molecule has 0 amide bonds. The topological polar surface area (TPSA) is 36.9 Å². The lowest BCUT2D eigenvalue weighted by molar-refractivity contribution is 0.0605. The zero-order valence-electron chi connectivity index (χ0n) is 25.5. The Bertz CT molecular complexity index is 1180. The molecule has 20 heteroatoms. The minimum Gasteiger partial charge on any atom is -0.378 e. The van der Waals surface area contributed by atoms with E-state index in [1.54, 1.807) is 0 Å². The predicted molar refractivity (Wildman–Crippen MR) is 246 cm³/mol. The van der Waals surface area contributed by atoms with Gasteiger partial charge >= 0.3 is 0 Å².